The quantitative estimate of drug-likeness (QED) is 0.162. The summed E-state index contributed by atoms with van der Waals surface area (Å²) in [4.78, 5) is 0. The molecule has 0 fully saturated rings. The molecule has 0 saturated carbocycles. The van der Waals surface area contributed by atoms with E-state index >= 15 is 0 Å². The summed E-state index contributed by atoms with van der Waals surface area (Å²) < 4.78 is 35.4. The van der Waals surface area contributed by atoms with Gasteiger partial charge >= 0.3 is 8.56 Å². The molecule has 33 heavy (non-hydrogen) atoms. The summed E-state index contributed by atoms with van der Waals surface area (Å²) in [6.45, 7) is 20.7. The summed E-state index contributed by atoms with van der Waals surface area (Å²) >= 11 is 0. The third-order valence-electron chi connectivity index (χ3n) is 4.95. The van der Waals surface area contributed by atoms with E-state index in [1.165, 1.54) is 0 Å². The van der Waals surface area contributed by atoms with Crippen molar-refractivity contribution in [2.75, 3.05) is 52.9 Å². The van der Waals surface area contributed by atoms with E-state index in [9.17, 15) is 0 Å². The molecule has 2 atom stereocenters. The SMILES string of the molecule is CC(CO)OCCOCCC[Si](C)(C)O[Si](C)(C)O[Si](C)(C)CCCOCCOC(C)CO. The van der Waals surface area contributed by atoms with Crippen molar-refractivity contribution in [3.05, 3.63) is 0 Å². The highest BCUT2D eigenvalue weighted by Crippen LogP contribution is 2.26. The molecule has 0 aliphatic carbocycles. The van der Waals surface area contributed by atoms with E-state index in [-0.39, 0.29) is 25.4 Å². The standard InChI is InChI=1S/C22H52O8Si3/c1-21(19-23)27-15-13-25-11-9-17-31(3,4)29-33(7,8)30-32(5,6)18-10-12-26-14-16-28-22(2)20-24/h21-24H,9-20H2,1-8H3. The van der Waals surface area contributed by atoms with Gasteiger partial charge in [0.1, 0.15) is 0 Å². The van der Waals surface area contributed by atoms with E-state index in [0.29, 0.717) is 39.6 Å². The Morgan fingerprint density at radius 3 is 1.27 bits per heavy atom. The van der Waals surface area contributed by atoms with Crippen molar-refractivity contribution >= 4 is 25.2 Å². The fraction of sp³-hybridized carbons (Fsp3) is 1.00. The van der Waals surface area contributed by atoms with Crippen LogP contribution in [0.3, 0.4) is 0 Å². The Labute approximate surface area is 205 Å². The summed E-state index contributed by atoms with van der Waals surface area (Å²) in [5.41, 5.74) is 0. The molecule has 0 aromatic rings. The van der Waals surface area contributed by atoms with Crippen LogP contribution in [-0.2, 0) is 27.2 Å². The zero-order valence-electron chi connectivity index (χ0n) is 22.5. The fourth-order valence-corrected chi connectivity index (χ4v) is 17.6. The highest BCUT2D eigenvalue weighted by molar-refractivity contribution is 6.87. The number of aliphatic hydroxyl groups excluding tert-OH is 2. The van der Waals surface area contributed by atoms with E-state index in [1.807, 2.05) is 13.8 Å². The first-order valence-corrected chi connectivity index (χ1v) is 21.4. The Morgan fingerprint density at radius 2 is 0.939 bits per heavy atom. The van der Waals surface area contributed by atoms with E-state index in [1.54, 1.807) is 0 Å². The van der Waals surface area contributed by atoms with Crippen LogP contribution < -0.4 is 0 Å². The molecule has 0 aromatic carbocycles. The lowest BCUT2D eigenvalue weighted by molar-refractivity contribution is -0.0103. The maximum atomic E-state index is 8.94. The number of hydrogen-bond donors (Lipinski definition) is 2. The van der Waals surface area contributed by atoms with Crippen molar-refractivity contribution in [3.63, 3.8) is 0 Å². The van der Waals surface area contributed by atoms with Gasteiger partial charge in [-0.05, 0) is 78.1 Å². The highest BCUT2D eigenvalue weighted by atomic mass is 28.5. The maximum Gasteiger partial charge on any atom is 0.311 e. The summed E-state index contributed by atoms with van der Waals surface area (Å²) in [5.74, 6) is 0. The third kappa shape index (κ3) is 20.2. The van der Waals surface area contributed by atoms with Crippen LogP contribution >= 0.6 is 0 Å². The molecule has 8 nitrogen and oxygen atoms in total. The Morgan fingerprint density at radius 1 is 0.576 bits per heavy atom. The maximum absolute atomic E-state index is 8.94. The second-order valence-corrected chi connectivity index (χ2v) is 22.8. The van der Waals surface area contributed by atoms with Crippen LogP contribution in [-0.4, -0.2) is 100 Å². The van der Waals surface area contributed by atoms with Crippen molar-refractivity contribution < 1.29 is 37.4 Å². The van der Waals surface area contributed by atoms with E-state index in [4.69, 9.17) is 37.4 Å². The Balaban J connectivity index is 4.09. The molecule has 2 N–H and O–H groups in total. The van der Waals surface area contributed by atoms with E-state index < -0.39 is 25.2 Å². The largest absolute Gasteiger partial charge is 0.437 e. The highest BCUT2D eigenvalue weighted by Gasteiger charge is 2.39. The molecule has 0 aliphatic rings. The van der Waals surface area contributed by atoms with Gasteiger partial charge in [0.2, 0.25) is 0 Å². The number of ether oxygens (including phenoxy) is 4. The minimum atomic E-state index is -2.22. The topological polar surface area (TPSA) is 95.8 Å². The van der Waals surface area contributed by atoms with Gasteiger partial charge in [0.05, 0.1) is 51.8 Å². The minimum Gasteiger partial charge on any atom is -0.437 e. The molecule has 11 heteroatoms. The molecule has 0 spiro atoms. The van der Waals surface area contributed by atoms with Gasteiger partial charge in [0.25, 0.3) is 0 Å². The van der Waals surface area contributed by atoms with Gasteiger partial charge in [-0.2, -0.15) is 0 Å². The van der Waals surface area contributed by atoms with Crippen LogP contribution in [0.2, 0.25) is 51.4 Å². The molecular weight excluding hydrogens is 476 g/mol. The first-order chi connectivity index (χ1) is 15.3. The van der Waals surface area contributed by atoms with Crippen LogP contribution in [0, 0.1) is 0 Å². The van der Waals surface area contributed by atoms with Gasteiger partial charge < -0.3 is 37.4 Å². The monoisotopic (exact) mass is 528 g/mol. The third-order valence-corrected chi connectivity index (χ3v) is 16.4. The Bertz CT molecular complexity index is 441. The van der Waals surface area contributed by atoms with Crippen LogP contribution in [0.5, 0.6) is 0 Å². The first kappa shape index (κ1) is 33.3. The normalized spacial score (nSPS) is 15.1. The predicted octanol–water partition coefficient (Wildman–Crippen LogP) is 3.74. The molecule has 0 amide bonds. The Kier molecular flexibility index (Phi) is 17.9. The smallest absolute Gasteiger partial charge is 0.311 e. The molecule has 0 aromatic heterocycles. The van der Waals surface area contributed by atoms with Crippen LogP contribution in [0.15, 0.2) is 0 Å². The molecule has 0 aliphatic heterocycles. The van der Waals surface area contributed by atoms with Crippen molar-refractivity contribution in [1.29, 1.82) is 0 Å². The molecule has 0 rings (SSSR count). The lowest BCUT2D eigenvalue weighted by atomic mass is 10.4. The molecule has 0 radical (unpaired) electrons. The van der Waals surface area contributed by atoms with Gasteiger partial charge in [-0.3, -0.25) is 0 Å². The lowest BCUT2D eigenvalue weighted by Gasteiger charge is -2.38. The summed E-state index contributed by atoms with van der Waals surface area (Å²) in [7, 11) is -5.89. The summed E-state index contributed by atoms with van der Waals surface area (Å²) in [5, 5.41) is 17.9. The van der Waals surface area contributed by atoms with Crippen molar-refractivity contribution in [2.45, 2.75) is 90.3 Å². The van der Waals surface area contributed by atoms with Crippen LogP contribution in [0.25, 0.3) is 0 Å². The summed E-state index contributed by atoms with van der Waals surface area (Å²) in [6, 6.07) is 2.07. The minimum absolute atomic E-state index is 0.0350. The van der Waals surface area contributed by atoms with E-state index in [2.05, 4.69) is 39.3 Å². The Hall–Kier alpha value is 0.331. The van der Waals surface area contributed by atoms with Gasteiger partial charge in [-0.25, -0.2) is 0 Å². The average Bonchev–Trinajstić information content (AvgIpc) is 2.69. The fourth-order valence-electron chi connectivity index (χ4n) is 3.58. The van der Waals surface area contributed by atoms with Gasteiger partial charge in [0, 0.05) is 13.2 Å². The van der Waals surface area contributed by atoms with Gasteiger partial charge in [-0.15, -0.1) is 0 Å². The van der Waals surface area contributed by atoms with Gasteiger partial charge in [0.15, 0.2) is 16.6 Å². The summed E-state index contributed by atoms with van der Waals surface area (Å²) in [6.07, 6.45) is 1.67. The first-order valence-electron chi connectivity index (χ1n) is 12.3. The predicted molar refractivity (Wildman–Crippen MR) is 140 cm³/mol. The van der Waals surface area contributed by atoms with Gasteiger partial charge in [-0.1, -0.05) is 0 Å². The van der Waals surface area contributed by atoms with Crippen LogP contribution in [0.1, 0.15) is 26.7 Å². The van der Waals surface area contributed by atoms with Crippen LogP contribution in [0.4, 0.5) is 0 Å². The number of rotatable bonds is 22. The molecular formula is C22H52O8Si3. The van der Waals surface area contributed by atoms with Crippen molar-refractivity contribution in [2.24, 2.45) is 0 Å². The average molecular weight is 529 g/mol. The molecule has 0 heterocycles. The molecule has 0 saturated heterocycles. The molecule has 2 unspecified atom stereocenters. The second-order valence-electron chi connectivity index (χ2n) is 10.3. The van der Waals surface area contributed by atoms with E-state index in [0.717, 1.165) is 24.9 Å². The molecule has 200 valence electrons. The number of hydrogen-bond acceptors (Lipinski definition) is 8. The van der Waals surface area contributed by atoms with Crippen molar-refractivity contribution in [1.82, 2.24) is 0 Å². The lowest BCUT2D eigenvalue weighted by Crippen LogP contribution is -2.52. The van der Waals surface area contributed by atoms with Crippen molar-refractivity contribution in [3.8, 4) is 0 Å². The zero-order valence-corrected chi connectivity index (χ0v) is 25.5. The number of aliphatic hydroxyl groups is 2. The second kappa shape index (κ2) is 17.7. The zero-order chi connectivity index (χ0) is 25.4. The molecule has 0 bridgehead atoms.